The molecule has 2 rings (SSSR count). The summed E-state index contributed by atoms with van der Waals surface area (Å²) in [7, 11) is 0. The summed E-state index contributed by atoms with van der Waals surface area (Å²) in [5, 5.41) is 4.34. The molecule has 5 nitrogen and oxygen atoms in total. The van der Waals surface area contributed by atoms with Crippen LogP contribution in [0.3, 0.4) is 0 Å². The minimum atomic E-state index is -0.244. The van der Waals surface area contributed by atoms with Gasteiger partial charge in [0.1, 0.15) is 10.6 Å². The highest BCUT2D eigenvalue weighted by Crippen LogP contribution is 2.29. The molecule has 0 saturated heterocycles. The van der Waals surface area contributed by atoms with Gasteiger partial charge in [-0.05, 0) is 33.8 Å². The van der Waals surface area contributed by atoms with E-state index < -0.39 is 0 Å². The van der Waals surface area contributed by atoms with Gasteiger partial charge in [-0.1, -0.05) is 0 Å². The van der Waals surface area contributed by atoms with E-state index in [1.54, 1.807) is 11.3 Å². The fourth-order valence-corrected chi connectivity index (χ4v) is 2.82. The van der Waals surface area contributed by atoms with Crippen molar-refractivity contribution in [2.45, 2.75) is 33.3 Å². The molecule has 0 radical (unpaired) electrons. The molecule has 6 heteroatoms. The summed E-state index contributed by atoms with van der Waals surface area (Å²) >= 11 is 1.62. The van der Waals surface area contributed by atoms with Gasteiger partial charge >= 0.3 is 0 Å². The van der Waals surface area contributed by atoms with Crippen LogP contribution in [0.2, 0.25) is 0 Å². The lowest BCUT2D eigenvalue weighted by Crippen LogP contribution is -2.33. The molecule has 0 aliphatic rings. The Labute approximate surface area is 117 Å². The van der Waals surface area contributed by atoms with E-state index in [9.17, 15) is 0 Å². The molecule has 0 amide bonds. The molecule has 0 atom stereocenters. The number of nitrogens with zero attached hydrogens (tertiary/aromatic N) is 2. The molecule has 19 heavy (non-hydrogen) atoms. The van der Waals surface area contributed by atoms with E-state index in [2.05, 4.69) is 28.3 Å². The second-order valence-corrected chi connectivity index (χ2v) is 6.29. The van der Waals surface area contributed by atoms with Gasteiger partial charge in [-0.25, -0.2) is 4.98 Å². The van der Waals surface area contributed by atoms with Gasteiger partial charge < -0.3 is 15.8 Å². The van der Waals surface area contributed by atoms with Gasteiger partial charge in [0, 0.05) is 18.0 Å². The predicted octanol–water partition coefficient (Wildman–Crippen LogP) is 2.81. The van der Waals surface area contributed by atoms with Crippen molar-refractivity contribution in [1.29, 1.82) is 0 Å². The van der Waals surface area contributed by atoms with E-state index in [0.29, 0.717) is 19.1 Å². The smallest absolute Gasteiger partial charge is 0.223 e. The van der Waals surface area contributed by atoms with E-state index in [1.807, 2.05) is 20.8 Å². The monoisotopic (exact) mass is 280 g/mol. The second-order valence-electron chi connectivity index (χ2n) is 5.05. The number of anilines is 2. The molecular formula is C13H20N4OS. The molecule has 2 heterocycles. The molecule has 0 aliphatic carbocycles. The van der Waals surface area contributed by atoms with Crippen LogP contribution in [0, 0.1) is 6.92 Å². The first-order valence-electron chi connectivity index (χ1n) is 6.33. The van der Waals surface area contributed by atoms with Crippen LogP contribution in [0.4, 0.5) is 11.8 Å². The van der Waals surface area contributed by atoms with Gasteiger partial charge in [0.15, 0.2) is 0 Å². The summed E-state index contributed by atoms with van der Waals surface area (Å²) in [6.45, 7) is 9.49. The highest BCUT2D eigenvalue weighted by atomic mass is 32.1. The lowest BCUT2D eigenvalue weighted by atomic mass is 10.1. The summed E-state index contributed by atoms with van der Waals surface area (Å²) in [6.07, 6.45) is 0. The predicted molar refractivity (Wildman–Crippen MR) is 80.8 cm³/mol. The molecule has 0 aromatic carbocycles. The van der Waals surface area contributed by atoms with E-state index in [-0.39, 0.29) is 5.60 Å². The summed E-state index contributed by atoms with van der Waals surface area (Å²) in [6, 6.07) is 2.08. The summed E-state index contributed by atoms with van der Waals surface area (Å²) < 4.78 is 5.66. The van der Waals surface area contributed by atoms with Gasteiger partial charge in [-0.15, -0.1) is 11.3 Å². The third-order valence-electron chi connectivity index (χ3n) is 2.75. The fraction of sp³-hybridized carbons (Fsp3) is 0.538. The Morgan fingerprint density at radius 1 is 1.42 bits per heavy atom. The number of nitrogen functional groups attached to an aromatic ring is 1. The molecule has 0 bridgehead atoms. The Bertz CT molecular complexity index is 579. The molecule has 2 aromatic heterocycles. The first kappa shape index (κ1) is 14.0. The summed E-state index contributed by atoms with van der Waals surface area (Å²) in [5.41, 5.74) is 5.50. The van der Waals surface area contributed by atoms with Crippen LogP contribution in [0.15, 0.2) is 6.07 Å². The van der Waals surface area contributed by atoms with Gasteiger partial charge in [0.05, 0.1) is 11.0 Å². The first-order chi connectivity index (χ1) is 8.91. The Hall–Kier alpha value is -1.40. The Kier molecular flexibility index (Phi) is 3.91. The number of ether oxygens (including phenoxy) is 1. The van der Waals surface area contributed by atoms with Crippen molar-refractivity contribution in [3.8, 4) is 0 Å². The number of fused-ring (bicyclic) bond motifs is 1. The molecule has 104 valence electrons. The van der Waals surface area contributed by atoms with Crippen LogP contribution < -0.4 is 11.1 Å². The average Bonchev–Trinajstić information content (AvgIpc) is 2.66. The number of aromatic nitrogens is 2. The topological polar surface area (TPSA) is 73.1 Å². The second kappa shape index (κ2) is 5.30. The van der Waals surface area contributed by atoms with E-state index >= 15 is 0 Å². The standard InChI is InChI=1S/C13H20N4OS/c1-5-18-13(3,4)7-15-10-9-6-8(2)19-11(9)17-12(14)16-10/h6H,5,7H2,1-4H3,(H3,14,15,16,17). The number of rotatable bonds is 5. The molecular weight excluding hydrogens is 260 g/mol. The lowest BCUT2D eigenvalue weighted by molar-refractivity contribution is 0.000664. The maximum atomic E-state index is 5.75. The third kappa shape index (κ3) is 3.33. The minimum Gasteiger partial charge on any atom is -0.374 e. The Balaban J connectivity index is 2.25. The highest BCUT2D eigenvalue weighted by molar-refractivity contribution is 7.18. The highest BCUT2D eigenvalue weighted by Gasteiger charge is 2.18. The minimum absolute atomic E-state index is 0.244. The first-order valence-corrected chi connectivity index (χ1v) is 7.14. The van der Waals surface area contributed by atoms with Gasteiger partial charge in [-0.2, -0.15) is 4.98 Å². The van der Waals surface area contributed by atoms with Gasteiger partial charge in [0.25, 0.3) is 0 Å². The van der Waals surface area contributed by atoms with Crippen LogP contribution in [-0.2, 0) is 4.74 Å². The maximum absolute atomic E-state index is 5.75. The molecule has 3 N–H and O–H groups in total. The zero-order chi connectivity index (χ0) is 14.0. The van der Waals surface area contributed by atoms with Crippen molar-refractivity contribution >= 4 is 33.3 Å². The van der Waals surface area contributed by atoms with Crippen molar-refractivity contribution in [2.75, 3.05) is 24.2 Å². The van der Waals surface area contributed by atoms with Crippen molar-refractivity contribution in [3.63, 3.8) is 0 Å². The number of nitrogens with one attached hydrogen (secondary N) is 1. The van der Waals surface area contributed by atoms with Crippen LogP contribution in [0.1, 0.15) is 25.6 Å². The van der Waals surface area contributed by atoms with Crippen molar-refractivity contribution in [1.82, 2.24) is 9.97 Å². The van der Waals surface area contributed by atoms with Crippen LogP contribution >= 0.6 is 11.3 Å². The maximum Gasteiger partial charge on any atom is 0.223 e. The van der Waals surface area contributed by atoms with Gasteiger partial charge in [-0.3, -0.25) is 0 Å². The SMILES string of the molecule is CCOC(C)(C)CNc1nc(N)nc2sc(C)cc12. The van der Waals surface area contributed by atoms with Crippen molar-refractivity contribution < 1.29 is 4.74 Å². The molecule has 0 aliphatic heterocycles. The molecule has 0 saturated carbocycles. The van der Waals surface area contributed by atoms with E-state index in [0.717, 1.165) is 16.0 Å². The fourth-order valence-electron chi connectivity index (χ4n) is 1.93. The molecule has 0 unspecified atom stereocenters. The molecule has 0 spiro atoms. The number of thiophene rings is 1. The zero-order valence-corrected chi connectivity index (χ0v) is 12.6. The number of hydrogen-bond acceptors (Lipinski definition) is 6. The van der Waals surface area contributed by atoms with E-state index in [4.69, 9.17) is 10.5 Å². The zero-order valence-electron chi connectivity index (χ0n) is 11.8. The van der Waals surface area contributed by atoms with Crippen molar-refractivity contribution in [3.05, 3.63) is 10.9 Å². The lowest BCUT2D eigenvalue weighted by Gasteiger charge is -2.25. The summed E-state index contributed by atoms with van der Waals surface area (Å²) in [5.74, 6) is 1.07. The van der Waals surface area contributed by atoms with E-state index in [1.165, 1.54) is 4.88 Å². The largest absolute Gasteiger partial charge is 0.374 e. The average molecular weight is 280 g/mol. The number of aryl methyl sites for hydroxylation is 1. The normalized spacial score (nSPS) is 12.0. The van der Waals surface area contributed by atoms with Crippen LogP contribution in [-0.4, -0.2) is 28.7 Å². The molecule has 0 fully saturated rings. The van der Waals surface area contributed by atoms with Crippen molar-refractivity contribution in [2.24, 2.45) is 0 Å². The Morgan fingerprint density at radius 2 is 2.16 bits per heavy atom. The van der Waals surface area contributed by atoms with Gasteiger partial charge in [0.2, 0.25) is 5.95 Å². The summed E-state index contributed by atoms with van der Waals surface area (Å²) in [4.78, 5) is 10.7. The number of hydrogen-bond donors (Lipinski definition) is 2. The quantitative estimate of drug-likeness (QED) is 0.881. The third-order valence-corrected chi connectivity index (χ3v) is 3.69. The van der Waals surface area contributed by atoms with Crippen LogP contribution in [0.5, 0.6) is 0 Å². The number of nitrogens with two attached hydrogens (primary N) is 1. The molecule has 2 aromatic rings. The van der Waals surface area contributed by atoms with Crippen LogP contribution in [0.25, 0.3) is 10.2 Å². The Morgan fingerprint density at radius 3 is 2.84 bits per heavy atom.